The van der Waals surface area contributed by atoms with Crippen LogP contribution >= 0.6 is 15.9 Å². The molecule has 1 atom stereocenters. The van der Waals surface area contributed by atoms with Gasteiger partial charge >= 0.3 is 0 Å². The Morgan fingerprint density at radius 1 is 1.21 bits per heavy atom. The summed E-state index contributed by atoms with van der Waals surface area (Å²) in [6.45, 7) is 7.21. The van der Waals surface area contributed by atoms with Gasteiger partial charge in [0.05, 0.1) is 0 Å². The first kappa shape index (κ1) is 13.6. The summed E-state index contributed by atoms with van der Waals surface area (Å²) in [5, 5.41) is 0. The van der Waals surface area contributed by atoms with E-state index in [0.717, 1.165) is 12.6 Å². The van der Waals surface area contributed by atoms with E-state index in [-0.39, 0.29) is 0 Å². The van der Waals surface area contributed by atoms with E-state index in [1.165, 1.54) is 48.1 Å². The minimum absolute atomic E-state index is 0.638. The molecule has 2 nitrogen and oxygen atoms in total. The second-order valence-corrected chi connectivity index (χ2v) is 7.03. The Kier molecular flexibility index (Phi) is 3.97. The van der Waals surface area contributed by atoms with Crippen molar-refractivity contribution in [1.29, 1.82) is 0 Å². The molecule has 0 bridgehead atoms. The van der Waals surface area contributed by atoms with Crippen LogP contribution < -0.4 is 0 Å². The molecule has 0 spiro atoms. The number of nitrogens with zero attached hydrogens (tertiary/aromatic N) is 2. The molecule has 1 fully saturated rings. The molecule has 2 heterocycles. The van der Waals surface area contributed by atoms with Crippen LogP contribution in [0.3, 0.4) is 0 Å². The third-order valence-electron chi connectivity index (χ3n) is 4.72. The Morgan fingerprint density at radius 3 is 2.68 bits per heavy atom. The molecule has 1 saturated heterocycles. The average Bonchev–Trinajstić information content (AvgIpc) is 2.39. The third kappa shape index (κ3) is 2.74. The lowest BCUT2D eigenvalue weighted by molar-refractivity contribution is 0.102. The van der Waals surface area contributed by atoms with Gasteiger partial charge in [-0.15, -0.1) is 0 Å². The van der Waals surface area contributed by atoms with E-state index < -0.39 is 0 Å². The number of piperidine rings is 1. The van der Waals surface area contributed by atoms with Crippen LogP contribution in [0.2, 0.25) is 0 Å². The maximum atomic E-state index is 3.72. The summed E-state index contributed by atoms with van der Waals surface area (Å²) in [6, 6.07) is 7.44. The zero-order chi connectivity index (χ0) is 13.4. The van der Waals surface area contributed by atoms with Gasteiger partial charge in [-0.3, -0.25) is 4.90 Å². The highest BCUT2D eigenvalue weighted by atomic mass is 79.9. The quantitative estimate of drug-likeness (QED) is 0.781. The van der Waals surface area contributed by atoms with Crippen molar-refractivity contribution in [1.82, 2.24) is 9.80 Å². The van der Waals surface area contributed by atoms with Gasteiger partial charge in [-0.1, -0.05) is 35.0 Å². The van der Waals surface area contributed by atoms with Crippen molar-refractivity contribution < 1.29 is 0 Å². The molecule has 0 aliphatic carbocycles. The predicted octanol–water partition coefficient (Wildman–Crippen LogP) is 3.46. The molecular formula is C16H23BrN2. The van der Waals surface area contributed by atoms with Gasteiger partial charge in [-0.05, 0) is 56.1 Å². The lowest BCUT2D eigenvalue weighted by Crippen LogP contribution is -2.46. The molecule has 2 aliphatic heterocycles. The van der Waals surface area contributed by atoms with Crippen LogP contribution in [0.15, 0.2) is 22.7 Å². The molecule has 0 saturated carbocycles. The van der Waals surface area contributed by atoms with Crippen molar-refractivity contribution in [3.8, 4) is 0 Å². The highest BCUT2D eigenvalue weighted by molar-refractivity contribution is 9.10. The van der Waals surface area contributed by atoms with Crippen LogP contribution in [0.5, 0.6) is 0 Å². The minimum Gasteiger partial charge on any atom is -0.306 e. The zero-order valence-electron chi connectivity index (χ0n) is 11.9. The van der Waals surface area contributed by atoms with Crippen LogP contribution in [0.25, 0.3) is 0 Å². The molecule has 1 unspecified atom stereocenters. The Balaban J connectivity index is 1.78. The summed E-state index contributed by atoms with van der Waals surface area (Å²) < 4.78 is 1.29. The summed E-state index contributed by atoms with van der Waals surface area (Å²) >= 11 is 3.72. The number of likely N-dealkylation sites (tertiary alicyclic amines) is 1. The SMILES string of the molecule is CC1CN(C2CCN(C)CC2)Cc2cccc(Br)c21. The van der Waals surface area contributed by atoms with Crippen molar-refractivity contribution in [2.24, 2.45) is 0 Å². The number of benzene rings is 1. The van der Waals surface area contributed by atoms with E-state index in [4.69, 9.17) is 0 Å². The van der Waals surface area contributed by atoms with E-state index in [1.54, 1.807) is 0 Å². The summed E-state index contributed by atoms with van der Waals surface area (Å²) in [7, 11) is 2.24. The first-order valence-corrected chi connectivity index (χ1v) is 8.14. The molecule has 3 heteroatoms. The van der Waals surface area contributed by atoms with E-state index in [2.05, 4.69) is 57.9 Å². The minimum atomic E-state index is 0.638. The number of fused-ring (bicyclic) bond motifs is 1. The molecule has 0 radical (unpaired) electrons. The molecule has 104 valence electrons. The van der Waals surface area contributed by atoms with Gasteiger partial charge in [-0.2, -0.15) is 0 Å². The number of rotatable bonds is 1. The lowest BCUT2D eigenvalue weighted by atomic mass is 9.89. The molecular weight excluding hydrogens is 300 g/mol. The highest BCUT2D eigenvalue weighted by Crippen LogP contribution is 2.35. The second kappa shape index (κ2) is 5.55. The summed E-state index contributed by atoms with van der Waals surface area (Å²) in [5.41, 5.74) is 3.05. The Bertz CT molecular complexity index is 452. The third-order valence-corrected chi connectivity index (χ3v) is 5.41. The van der Waals surface area contributed by atoms with Crippen LogP contribution in [-0.4, -0.2) is 42.5 Å². The summed E-state index contributed by atoms with van der Waals surface area (Å²) in [4.78, 5) is 5.17. The maximum absolute atomic E-state index is 3.72. The Labute approximate surface area is 124 Å². The number of halogens is 1. The normalized spacial score (nSPS) is 26.4. The van der Waals surface area contributed by atoms with Gasteiger partial charge in [-0.25, -0.2) is 0 Å². The van der Waals surface area contributed by atoms with Crippen LogP contribution in [0.1, 0.15) is 36.8 Å². The van der Waals surface area contributed by atoms with E-state index in [1.807, 2.05) is 0 Å². The molecule has 1 aromatic carbocycles. The molecule has 0 amide bonds. The van der Waals surface area contributed by atoms with Crippen molar-refractivity contribution in [3.05, 3.63) is 33.8 Å². The van der Waals surface area contributed by atoms with E-state index in [0.29, 0.717) is 5.92 Å². The lowest BCUT2D eigenvalue weighted by Gasteiger charge is -2.42. The van der Waals surface area contributed by atoms with Crippen molar-refractivity contribution >= 4 is 15.9 Å². The fourth-order valence-corrected chi connectivity index (χ4v) is 4.43. The largest absolute Gasteiger partial charge is 0.306 e. The fraction of sp³-hybridized carbons (Fsp3) is 0.625. The monoisotopic (exact) mass is 322 g/mol. The first-order chi connectivity index (χ1) is 9.15. The van der Waals surface area contributed by atoms with Crippen LogP contribution in [0, 0.1) is 0 Å². The summed E-state index contributed by atoms with van der Waals surface area (Å²) in [5.74, 6) is 0.638. The van der Waals surface area contributed by atoms with Crippen LogP contribution in [-0.2, 0) is 6.54 Å². The topological polar surface area (TPSA) is 6.48 Å². The van der Waals surface area contributed by atoms with Gasteiger partial charge in [0.1, 0.15) is 0 Å². The molecule has 3 rings (SSSR count). The van der Waals surface area contributed by atoms with Crippen molar-refractivity contribution in [2.45, 2.75) is 38.3 Å². The highest BCUT2D eigenvalue weighted by Gasteiger charge is 2.30. The van der Waals surface area contributed by atoms with Crippen LogP contribution in [0.4, 0.5) is 0 Å². The van der Waals surface area contributed by atoms with Gasteiger partial charge in [0.2, 0.25) is 0 Å². The standard InChI is InChI=1S/C16H23BrN2/c1-12-10-19(14-6-8-18(2)9-7-14)11-13-4-3-5-15(17)16(12)13/h3-5,12,14H,6-11H2,1-2H3. The fourth-order valence-electron chi connectivity index (χ4n) is 3.64. The van der Waals surface area contributed by atoms with Gasteiger partial charge < -0.3 is 4.90 Å². The molecule has 19 heavy (non-hydrogen) atoms. The molecule has 2 aliphatic rings. The number of hydrogen-bond donors (Lipinski definition) is 0. The van der Waals surface area contributed by atoms with Gasteiger partial charge in [0.15, 0.2) is 0 Å². The van der Waals surface area contributed by atoms with Gasteiger partial charge in [0, 0.05) is 23.6 Å². The number of hydrogen-bond acceptors (Lipinski definition) is 2. The smallest absolute Gasteiger partial charge is 0.0240 e. The Morgan fingerprint density at radius 2 is 1.95 bits per heavy atom. The van der Waals surface area contributed by atoms with Crippen molar-refractivity contribution in [3.63, 3.8) is 0 Å². The maximum Gasteiger partial charge on any atom is 0.0240 e. The van der Waals surface area contributed by atoms with E-state index >= 15 is 0 Å². The molecule has 0 aromatic heterocycles. The second-order valence-electron chi connectivity index (χ2n) is 6.18. The summed E-state index contributed by atoms with van der Waals surface area (Å²) in [6.07, 6.45) is 2.65. The Hall–Kier alpha value is -0.380. The van der Waals surface area contributed by atoms with Gasteiger partial charge in [0.25, 0.3) is 0 Å². The molecule has 0 N–H and O–H groups in total. The first-order valence-electron chi connectivity index (χ1n) is 7.35. The molecule has 1 aromatic rings. The predicted molar refractivity (Wildman–Crippen MR) is 83.5 cm³/mol. The van der Waals surface area contributed by atoms with E-state index in [9.17, 15) is 0 Å². The zero-order valence-corrected chi connectivity index (χ0v) is 13.5. The van der Waals surface area contributed by atoms with Crippen molar-refractivity contribution in [2.75, 3.05) is 26.7 Å². The average molecular weight is 323 g/mol.